The minimum Gasteiger partial charge on any atom is -0.453 e. The first-order valence-corrected chi connectivity index (χ1v) is 7.54. The number of fused-ring (bicyclic) bond motifs is 2. The first kappa shape index (κ1) is 13.7. The molecule has 0 amide bonds. The van der Waals surface area contributed by atoms with Crippen molar-refractivity contribution < 1.29 is 14.3 Å². The Balaban J connectivity index is 1.61. The average molecular weight is 302 g/mol. The van der Waals surface area contributed by atoms with E-state index in [1.807, 2.05) is 54.6 Å². The highest BCUT2D eigenvalue weighted by molar-refractivity contribution is 6.01. The smallest absolute Gasteiger partial charge is 0.339 e. The van der Waals surface area contributed by atoms with Crippen LogP contribution in [-0.4, -0.2) is 11.8 Å². The van der Waals surface area contributed by atoms with E-state index < -0.39 is 6.10 Å². The molecule has 0 bridgehead atoms. The molecule has 0 saturated heterocycles. The molecule has 0 radical (unpaired) electrons. The van der Waals surface area contributed by atoms with Gasteiger partial charge in [-0.15, -0.1) is 0 Å². The molecule has 1 heterocycles. The predicted molar refractivity (Wildman–Crippen MR) is 87.5 cm³/mol. The van der Waals surface area contributed by atoms with Gasteiger partial charge in [0, 0.05) is 11.1 Å². The third-order valence-corrected chi connectivity index (χ3v) is 4.22. The van der Waals surface area contributed by atoms with Crippen LogP contribution in [0.4, 0.5) is 0 Å². The van der Waals surface area contributed by atoms with Crippen molar-refractivity contribution in [2.75, 3.05) is 0 Å². The standard InChI is InChI=1S/C20H14O3/c21-18(15-10-9-13-5-1-2-6-14(13)11-15)12-19-16-7-3-4-8-17(16)20(22)23-19/h1-11,19H,12H2. The lowest BCUT2D eigenvalue weighted by Crippen LogP contribution is -2.07. The van der Waals surface area contributed by atoms with Crippen molar-refractivity contribution in [1.82, 2.24) is 0 Å². The molecule has 1 aliphatic heterocycles. The molecule has 3 aromatic rings. The van der Waals surface area contributed by atoms with E-state index in [0.29, 0.717) is 11.1 Å². The quantitative estimate of drug-likeness (QED) is 0.534. The first-order valence-electron chi connectivity index (χ1n) is 7.54. The third kappa shape index (κ3) is 2.40. The maximum Gasteiger partial charge on any atom is 0.339 e. The first-order chi connectivity index (χ1) is 11.2. The van der Waals surface area contributed by atoms with Crippen LogP contribution in [0.15, 0.2) is 66.7 Å². The largest absolute Gasteiger partial charge is 0.453 e. The number of esters is 1. The average Bonchev–Trinajstić information content (AvgIpc) is 2.91. The summed E-state index contributed by atoms with van der Waals surface area (Å²) in [6.45, 7) is 0. The van der Waals surface area contributed by atoms with Crippen LogP contribution in [0.2, 0.25) is 0 Å². The Hall–Kier alpha value is -2.94. The number of carbonyl (C=O) groups is 2. The van der Waals surface area contributed by atoms with Crippen molar-refractivity contribution in [3.63, 3.8) is 0 Å². The van der Waals surface area contributed by atoms with Crippen LogP contribution in [0, 0.1) is 0 Å². The number of carbonyl (C=O) groups excluding carboxylic acids is 2. The lowest BCUT2D eigenvalue weighted by atomic mass is 9.97. The van der Waals surface area contributed by atoms with E-state index in [-0.39, 0.29) is 18.2 Å². The molecule has 0 aliphatic carbocycles. The van der Waals surface area contributed by atoms with E-state index in [1.165, 1.54) is 0 Å². The number of hydrogen-bond acceptors (Lipinski definition) is 3. The van der Waals surface area contributed by atoms with E-state index in [0.717, 1.165) is 16.3 Å². The van der Waals surface area contributed by atoms with Gasteiger partial charge in [-0.1, -0.05) is 54.6 Å². The Morgan fingerprint density at radius 3 is 2.52 bits per heavy atom. The molecule has 1 atom stereocenters. The molecule has 1 aliphatic rings. The number of Topliss-reactive ketones (excluding diaryl/α,β-unsaturated/α-hetero) is 1. The van der Waals surface area contributed by atoms with Crippen molar-refractivity contribution >= 4 is 22.5 Å². The SMILES string of the molecule is O=C(CC1OC(=O)c2ccccc21)c1ccc2ccccc2c1. The molecule has 0 saturated carbocycles. The van der Waals surface area contributed by atoms with Gasteiger partial charge in [-0.05, 0) is 22.9 Å². The molecule has 3 aromatic carbocycles. The highest BCUT2D eigenvalue weighted by Gasteiger charge is 2.32. The Morgan fingerprint density at radius 1 is 0.913 bits per heavy atom. The molecule has 0 spiro atoms. The molecule has 0 fully saturated rings. The van der Waals surface area contributed by atoms with Crippen LogP contribution in [0.25, 0.3) is 10.8 Å². The zero-order valence-electron chi connectivity index (χ0n) is 12.4. The summed E-state index contributed by atoms with van der Waals surface area (Å²) >= 11 is 0. The molecule has 112 valence electrons. The van der Waals surface area contributed by atoms with Crippen molar-refractivity contribution in [2.45, 2.75) is 12.5 Å². The summed E-state index contributed by atoms with van der Waals surface area (Å²) in [5.41, 5.74) is 2.00. The lowest BCUT2D eigenvalue weighted by molar-refractivity contribution is 0.0367. The van der Waals surface area contributed by atoms with Gasteiger partial charge in [0.2, 0.25) is 0 Å². The van der Waals surface area contributed by atoms with E-state index >= 15 is 0 Å². The summed E-state index contributed by atoms with van der Waals surface area (Å²) in [5, 5.41) is 2.13. The number of ketones is 1. The van der Waals surface area contributed by atoms with Gasteiger partial charge < -0.3 is 4.74 Å². The zero-order valence-corrected chi connectivity index (χ0v) is 12.4. The maximum atomic E-state index is 12.6. The maximum absolute atomic E-state index is 12.6. The van der Waals surface area contributed by atoms with Gasteiger partial charge in [0.25, 0.3) is 0 Å². The Kier molecular flexibility index (Phi) is 3.19. The molecule has 3 heteroatoms. The van der Waals surface area contributed by atoms with Crippen LogP contribution >= 0.6 is 0 Å². The summed E-state index contributed by atoms with van der Waals surface area (Å²) in [6.07, 6.45) is -0.321. The Labute approximate surface area is 133 Å². The summed E-state index contributed by atoms with van der Waals surface area (Å²) in [5.74, 6) is -0.373. The molecule has 0 aromatic heterocycles. The predicted octanol–water partition coefficient (Wildman–Crippen LogP) is 4.32. The van der Waals surface area contributed by atoms with Gasteiger partial charge in [0.1, 0.15) is 6.10 Å². The second-order valence-corrected chi connectivity index (χ2v) is 5.67. The van der Waals surface area contributed by atoms with Gasteiger partial charge in [-0.25, -0.2) is 4.79 Å². The second-order valence-electron chi connectivity index (χ2n) is 5.67. The van der Waals surface area contributed by atoms with E-state index in [2.05, 4.69) is 0 Å². The van der Waals surface area contributed by atoms with E-state index in [1.54, 1.807) is 12.1 Å². The van der Waals surface area contributed by atoms with Crippen LogP contribution in [0.3, 0.4) is 0 Å². The van der Waals surface area contributed by atoms with Crippen molar-refractivity contribution in [2.24, 2.45) is 0 Å². The normalized spacial score (nSPS) is 16.2. The van der Waals surface area contributed by atoms with E-state index in [9.17, 15) is 9.59 Å². The van der Waals surface area contributed by atoms with E-state index in [4.69, 9.17) is 4.74 Å². The van der Waals surface area contributed by atoms with Gasteiger partial charge in [0.05, 0.1) is 12.0 Å². The lowest BCUT2D eigenvalue weighted by Gasteiger charge is -2.10. The number of rotatable bonds is 3. The van der Waals surface area contributed by atoms with Crippen molar-refractivity contribution in [1.29, 1.82) is 0 Å². The third-order valence-electron chi connectivity index (χ3n) is 4.22. The molecule has 23 heavy (non-hydrogen) atoms. The summed E-state index contributed by atoms with van der Waals surface area (Å²) < 4.78 is 5.35. The van der Waals surface area contributed by atoms with Gasteiger partial charge in [-0.2, -0.15) is 0 Å². The van der Waals surface area contributed by atoms with Crippen molar-refractivity contribution in [3.8, 4) is 0 Å². The minimum absolute atomic E-state index is 0.0229. The fourth-order valence-corrected chi connectivity index (χ4v) is 3.02. The fraction of sp³-hybridized carbons (Fsp3) is 0.100. The fourth-order valence-electron chi connectivity index (χ4n) is 3.02. The van der Waals surface area contributed by atoms with Crippen LogP contribution in [0.1, 0.15) is 38.8 Å². The highest BCUT2D eigenvalue weighted by Crippen LogP contribution is 2.33. The monoisotopic (exact) mass is 302 g/mol. The molecule has 0 N–H and O–H groups in total. The van der Waals surface area contributed by atoms with Crippen molar-refractivity contribution in [3.05, 3.63) is 83.4 Å². The molecular formula is C20H14O3. The summed E-state index contributed by atoms with van der Waals surface area (Å²) in [6, 6.07) is 20.8. The molecule has 3 nitrogen and oxygen atoms in total. The van der Waals surface area contributed by atoms with Gasteiger partial charge in [0.15, 0.2) is 5.78 Å². The van der Waals surface area contributed by atoms with Gasteiger partial charge >= 0.3 is 5.97 Å². The second kappa shape index (κ2) is 5.36. The minimum atomic E-state index is -0.488. The van der Waals surface area contributed by atoms with Crippen LogP contribution in [-0.2, 0) is 4.74 Å². The Morgan fingerprint density at radius 2 is 1.65 bits per heavy atom. The van der Waals surface area contributed by atoms with Crippen LogP contribution in [0.5, 0.6) is 0 Å². The number of ether oxygens (including phenoxy) is 1. The highest BCUT2D eigenvalue weighted by atomic mass is 16.5. The molecular weight excluding hydrogens is 288 g/mol. The Bertz CT molecular complexity index is 927. The molecule has 1 unspecified atom stereocenters. The number of cyclic esters (lactones) is 1. The molecule has 4 rings (SSSR count). The number of hydrogen-bond donors (Lipinski definition) is 0. The summed E-state index contributed by atoms with van der Waals surface area (Å²) in [4.78, 5) is 24.4. The van der Waals surface area contributed by atoms with Crippen LogP contribution < -0.4 is 0 Å². The van der Waals surface area contributed by atoms with Gasteiger partial charge in [-0.3, -0.25) is 4.79 Å². The topological polar surface area (TPSA) is 43.4 Å². The summed E-state index contributed by atoms with van der Waals surface area (Å²) in [7, 11) is 0. The zero-order chi connectivity index (χ0) is 15.8. The number of benzene rings is 3.